The molecule has 136 valence electrons. The van der Waals surface area contributed by atoms with Crippen LogP contribution in [0.4, 0.5) is 0 Å². The van der Waals surface area contributed by atoms with Crippen LogP contribution in [0.5, 0.6) is 0 Å². The second kappa shape index (κ2) is 8.41. The number of hydrogen-bond acceptors (Lipinski definition) is 6. The lowest BCUT2D eigenvalue weighted by Gasteiger charge is -2.12. The number of H-pyrrole nitrogens is 1. The molecule has 10 heteroatoms. The van der Waals surface area contributed by atoms with Crippen molar-refractivity contribution in [2.24, 2.45) is 0 Å². The Labute approximate surface area is 154 Å². The summed E-state index contributed by atoms with van der Waals surface area (Å²) in [7, 11) is -2.98. The van der Waals surface area contributed by atoms with Crippen LogP contribution in [0.2, 0.25) is 0 Å². The van der Waals surface area contributed by atoms with E-state index in [2.05, 4.69) is 20.3 Å². The Morgan fingerprint density at radius 2 is 1.89 bits per heavy atom. The topological polar surface area (TPSA) is 134 Å². The zero-order chi connectivity index (χ0) is 19.2. The first-order valence-corrected chi connectivity index (χ1v) is 8.87. The molecule has 2 unspecified atom stereocenters. The van der Waals surface area contributed by atoms with E-state index < -0.39 is 25.9 Å². The highest BCUT2D eigenvalue weighted by Gasteiger charge is 2.27. The van der Waals surface area contributed by atoms with Gasteiger partial charge >= 0.3 is 8.25 Å². The molecular formula is C17H14N4O5P+. The fraction of sp³-hybridized carbons (Fsp3) is 0.0588. The summed E-state index contributed by atoms with van der Waals surface area (Å²) in [4.78, 5) is 44.3. The zero-order valence-corrected chi connectivity index (χ0v) is 14.7. The van der Waals surface area contributed by atoms with Crippen LogP contribution in [0, 0.1) is 0 Å². The summed E-state index contributed by atoms with van der Waals surface area (Å²) >= 11 is 0. The summed E-state index contributed by atoms with van der Waals surface area (Å²) in [5.74, 6) is -0.589. The van der Waals surface area contributed by atoms with Gasteiger partial charge in [0.1, 0.15) is 11.3 Å². The van der Waals surface area contributed by atoms with Crippen molar-refractivity contribution in [1.82, 2.24) is 20.3 Å². The Balaban J connectivity index is 1.84. The van der Waals surface area contributed by atoms with Crippen LogP contribution >= 0.6 is 8.25 Å². The number of aromatic amines is 1. The van der Waals surface area contributed by atoms with Crippen molar-refractivity contribution in [3.63, 3.8) is 0 Å². The summed E-state index contributed by atoms with van der Waals surface area (Å²) in [6, 6.07) is 13.4. The van der Waals surface area contributed by atoms with Crippen molar-refractivity contribution < 1.29 is 18.8 Å². The van der Waals surface area contributed by atoms with E-state index in [-0.39, 0.29) is 11.4 Å². The second-order valence-corrected chi connectivity index (χ2v) is 5.98. The molecule has 2 atom stereocenters. The van der Waals surface area contributed by atoms with Crippen LogP contribution in [-0.2, 0) is 9.09 Å². The molecule has 3 N–H and O–H groups in total. The maximum Gasteiger partial charge on any atom is 0.697 e. The first-order valence-electron chi connectivity index (χ1n) is 7.74. The Bertz CT molecular complexity index is 1010. The minimum Gasteiger partial charge on any atom is -0.318 e. The molecule has 1 amide bonds. The lowest BCUT2D eigenvalue weighted by Crippen LogP contribution is -2.33. The average molecular weight is 385 g/mol. The first-order chi connectivity index (χ1) is 13.0. The van der Waals surface area contributed by atoms with E-state index in [1.54, 1.807) is 54.7 Å². The molecule has 0 bridgehead atoms. The maximum atomic E-state index is 12.4. The third-order valence-electron chi connectivity index (χ3n) is 3.51. The third kappa shape index (κ3) is 4.68. The van der Waals surface area contributed by atoms with Gasteiger partial charge in [0.05, 0.1) is 0 Å². The fourth-order valence-corrected chi connectivity index (χ4v) is 2.63. The predicted octanol–water partition coefficient (Wildman–Crippen LogP) is 1.93. The Morgan fingerprint density at radius 1 is 1.15 bits per heavy atom. The highest BCUT2D eigenvalue weighted by Crippen LogP contribution is 2.26. The quantitative estimate of drug-likeness (QED) is 0.436. The van der Waals surface area contributed by atoms with Crippen molar-refractivity contribution in [2.45, 2.75) is 6.23 Å². The average Bonchev–Trinajstić information content (AvgIpc) is 2.68. The Hall–Kier alpha value is -3.26. The molecule has 0 fully saturated rings. The summed E-state index contributed by atoms with van der Waals surface area (Å²) in [5.41, 5.74) is -0.0576. The van der Waals surface area contributed by atoms with Crippen LogP contribution in [0.1, 0.15) is 22.1 Å². The standard InChI is InChI=1S/C17H13N4O5P/c22-15-12(10-19-14(20-15)13-8-4-5-9-18-13)16(23)21-17(26-27(24)25)11-6-2-1-3-7-11/h1-10,17H,(H2-,19,20,21,22,23,24,25)/p+1. The van der Waals surface area contributed by atoms with E-state index in [4.69, 9.17) is 9.42 Å². The minimum absolute atomic E-state index is 0.214. The van der Waals surface area contributed by atoms with Crippen molar-refractivity contribution in [3.05, 3.63) is 82.4 Å². The Kier molecular flexibility index (Phi) is 5.77. The largest absolute Gasteiger partial charge is 0.697 e. The van der Waals surface area contributed by atoms with Crippen molar-refractivity contribution >= 4 is 14.2 Å². The normalized spacial score (nSPS) is 12.3. The van der Waals surface area contributed by atoms with Gasteiger partial charge in [-0.05, 0) is 12.1 Å². The number of carbonyl (C=O) groups excluding carboxylic acids is 1. The number of rotatable bonds is 6. The van der Waals surface area contributed by atoms with Gasteiger partial charge < -0.3 is 10.3 Å². The first kappa shape index (κ1) is 18.5. The summed E-state index contributed by atoms with van der Waals surface area (Å²) in [5, 5.41) is 2.40. The van der Waals surface area contributed by atoms with Gasteiger partial charge in [-0.25, -0.2) is 4.98 Å². The van der Waals surface area contributed by atoms with Gasteiger partial charge in [0.2, 0.25) is 6.23 Å². The maximum absolute atomic E-state index is 12.4. The van der Waals surface area contributed by atoms with Gasteiger partial charge in [0, 0.05) is 22.5 Å². The molecule has 0 saturated carbocycles. The molecule has 0 radical (unpaired) electrons. The lowest BCUT2D eigenvalue weighted by molar-refractivity contribution is 0.0821. The second-order valence-electron chi connectivity index (χ2n) is 5.30. The molecule has 0 aliphatic carbocycles. The number of nitrogens with zero attached hydrogens (tertiary/aromatic N) is 2. The molecule has 1 aromatic carbocycles. The highest BCUT2D eigenvalue weighted by molar-refractivity contribution is 7.32. The van der Waals surface area contributed by atoms with Crippen LogP contribution in [-0.4, -0.2) is 25.8 Å². The third-order valence-corrected chi connectivity index (χ3v) is 3.90. The molecule has 0 aliphatic heterocycles. The molecule has 0 spiro atoms. The molecule has 3 rings (SSSR count). The molecule has 9 nitrogen and oxygen atoms in total. The monoisotopic (exact) mass is 385 g/mol. The smallest absolute Gasteiger partial charge is 0.318 e. The molecule has 0 aliphatic rings. The van der Waals surface area contributed by atoms with Gasteiger partial charge in [-0.15, -0.1) is 4.89 Å². The van der Waals surface area contributed by atoms with Gasteiger partial charge in [0.25, 0.3) is 11.5 Å². The number of pyridine rings is 1. The summed E-state index contributed by atoms with van der Waals surface area (Å²) < 4.78 is 15.9. The number of hydrogen-bond donors (Lipinski definition) is 3. The van der Waals surface area contributed by atoms with Crippen molar-refractivity contribution in [2.75, 3.05) is 0 Å². The lowest BCUT2D eigenvalue weighted by atomic mass is 10.2. The van der Waals surface area contributed by atoms with E-state index in [9.17, 15) is 14.2 Å². The van der Waals surface area contributed by atoms with Crippen LogP contribution < -0.4 is 10.9 Å². The number of nitrogens with one attached hydrogen (secondary N) is 2. The fourth-order valence-electron chi connectivity index (χ4n) is 2.27. The number of carbonyl (C=O) groups is 1. The van der Waals surface area contributed by atoms with E-state index in [1.807, 2.05) is 0 Å². The van der Waals surface area contributed by atoms with Crippen LogP contribution in [0.15, 0.2) is 65.7 Å². The predicted molar refractivity (Wildman–Crippen MR) is 95.6 cm³/mol. The molecule has 2 aromatic heterocycles. The van der Waals surface area contributed by atoms with Crippen molar-refractivity contribution in [3.8, 4) is 11.5 Å². The van der Waals surface area contributed by atoms with Crippen molar-refractivity contribution in [1.29, 1.82) is 0 Å². The molecular weight excluding hydrogens is 371 g/mol. The highest BCUT2D eigenvalue weighted by atomic mass is 31.1. The van der Waals surface area contributed by atoms with E-state index in [0.29, 0.717) is 11.3 Å². The molecule has 27 heavy (non-hydrogen) atoms. The van der Waals surface area contributed by atoms with E-state index in [0.717, 1.165) is 6.20 Å². The van der Waals surface area contributed by atoms with Gasteiger partial charge in [0.15, 0.2) is 5.82 Å². The van der Waals surface area contributed by atoms with E-state index >= 15 is 0 Å². The molecule has 0 saturated heterocycles. The molecule has 2 heterocycles. The minimum atomic E-state index is -2.98. The van der Waals surface area contributed by atoms with Gasteiger partial charge in [-0.1, -0.05) is 40.9 Å². The van der Waals surface area contributed by atoms with Gasteiger partial charge in [-0.2, -0.15) is 0 Å². The Morgan fingerprint density at radius 3 is 2.52 bits per heavy atom. The summed E-state index contributed by atoms with van der Waals surface area (Å²) in [6.45, 7) is 0. The van der Waals surface area contributed by atoms with E-state index in [1.165, 1.54) is 0 Å². The van der Waals surface area contributed by atoms with Crippen LogP contribution in [0.25, 0.3) is 11.5 Å². The number of benzene rings is 1. The summed E-state index contributed by atoms with van der Waals surface area (Å²) in [6.07, 6.45) is 1.45. The zero-order valence-electron chi connectivity index (χ0n) is 13.8. The van der Waals surface area contributed by atoms with Crippen LogP contribution in [0.3, 0.4) is 0 Å². The number of amides is 1. The number of aromatic nitrogens is 3. The molecule has 3 aromatic rings. The van der Waals surface area contributed by atoms with Gasteiger partial charge in [-0.3, -0.25) is 14.6 Å². The SMILES string of the molecule is O=C(NC(O[P+](=O)O)c1ccccc1)c1cnc(-c2ccccn2)[nH]c1=O.